The number of hydrogen-bond donors (Lipinski definition) is 0. The highest BCUT2D eigenvalue weighted by Gasteiger charge is 2.22. The topological polar surface area (TPSA) is 37.6 Å². The molecule has 1 fully saturated rings. The maximum Gasteiger partial charge on any atom is 0.150 e. The Kier molecular flexibility index (Phi) is 3.34. The molecule has 0 N–H and O–H groups in total. The van der Waals surface area contributed by atoms with Crippen LogP contribution in [0.25, 0.3) is 5.52 Å². The van der Waals surface area contributed by atoms with Gasteiger partial charge in [-0.3, -0.25) is 4.79 Å². The van der Waals surface area contributed by atoms with Gasteiger partial charge in [0.2, 0.25) is 0 Å². The van der Waals surface area contributed by atoms with E-state index in [1.807, 2.05) is 24.5 Å². The number of carbonyl (C=O) groups excluding carboxylic acids is 1. The van der Waals surface area contributed by atoms with E-state index in [0.717, 1.165) is 30.6 Å². The number of carbonyl (C=O) groups is 1. The van der Waals surface area contributed by atoms with Gasteiger partial charge in [0.1, 0.15) is 12.1 Å². The number of aldehydes is 1. The van der Waals surface area contributed by atoms with Crippen molar-refractivity contribution in [2.75, 3.05) is 19.6 Å². The van der Waals surface area contributed by atoms with Crippen LogP contribution in [0.3, 0.4) is 0 Å². The minimum Gasteiger partial charge on any atom is -0.304 e. The van der Waals surface area contributed by atoms with Crippen LogP contribution in [-0.2, 0) is 6.42 Å². The number of imidazole rings is 1. The van der Waals surface area contributed by atoms with Crippen LogP contribution in [-0.4, -0.2) is 40.2 Å². The van der Waals surface area contributed by atoms with Gasteiger partial charge in [0.15, 0.2) is 0 Å². The third kappa shape index (κ3) is 2.40. The molecule has 0 spiro atoms. The molecule has 0 saturated carbocycles. The fraction of sp³-hybridized carbons (Fsp3) is 0.467. The highest BCUT2D eigenvalue weighted by Crippen LogP contribution is 2.20. The molecule has 2 aromatic heterocycles. The van der Waals surface area contributed by atoms with Crippen LogP contribution in [0.15, 0.2) is 24.5 Å². The van der Waals surface area contributed by atoms with E-state index in [1.54, 1.807) is 0 Å². The molecule has 3 heterocycles. The average Bonchev–Trinajstić information content (AvgIpc) is 3.06. The highest BCUT2D eigenvalue weighted by atomic mass is 16.1. The van der Waals surface area contributed by atoms with Gasteiger partial charge in [0.25, 0.3) is 0 Å². The first kappa shape index (κ1) is 12.4. The van der Waals surface area contributed by atoms with Crippen LogP contribution in [0.2, 0.25) is 0 Å². The molecule has 0 aromatic carbocycles. The molecule has 1 aliphatic heterocycles. The van der Waals surface area contributed by atoms with Gasteiger partial charge < -0.3 is 9.30 Å². The molecule has 100 valence electrons. The van der Waals surface area contributed by atoms with Crippen molar-refractivity contribution < 1.29 is 4.79 Å². The maximum atomic E-state index is 10.8. The zero-order valence-corrected chi connectivity index (χ0v) is 11.2. The molecule has 4 heteroatoms. The quantitative estimate of drug-likeness (QED) is 0.787. The van der Waals surface area contributed by atoms with E-state index in [1.165, 1.54) is 19.5 Å². The summed E-state index contributed by atoms with van der Waals surface area (Å²) in [5.41, 5.74) is 1.71. The normalized spacial score (nSPS) is 20.2. The van der Waals surface area contributed by atoms with Gasteiger partial charge in [0.05, 0.1) is 11.7 Å². The highest BCUT2D eigenvalue weighted by molar-refractivity contribution is 5.77. The van der Waals surface area contributed by atoms with Crippen molar-refractivity contribution >= 4 is 11.8 Å². The van der Waals surface area contributed by atoms with Crippen LogP contribution >= 0.6 is 0 Å². The number of rotatable bonds is 4. The Balaban J connectivity index is 1.80. The van der Waals surface area contributed by atoms with Crippen molar-refractivity contribution in [1.29, 1.82) is 0 Å². The number of hydrogen-bond acceptors (Lipinski definition) is 3. The number of fused-ring (bicyclic) bond motifs is 1. The Morgan fingerprint density at radius 1 is 1.53 bits per heavy atom. The van der Waals surface area contributed by atoms with Crippen molar-refractivity contribution in [2.24, 2.45) is 5.92 Å². The second-order valence-corrected chi connectivity index (χ2v) is 5.30. The maximum absolute atomic E-state index is 10.8. The van der Waals surface area contributed by atoms with Crippen molar-refractivity contribution in [1.82, 2.24) is 14.3 Å². The van der Waals surface area contributed by atoms with Crippen LogP contribution < -0.4 is 0 Å². The van der Waals surface area contributed by atoms with Gasteiger partial charge in [-0.15, -0.1) is 0 Å². The van der Waals surface area contributed by atoms with E-state index < -0.39 is 0 Å². The fourth-order valence-corrected chi connectivity index (χ4v) is 2.92. The monoisotopic (exact) mass is 257 g/mol. The number of pyridine rings is 1. The van der Waals surface area contributed by atoms with Gasteiger partial charge >= 0.3 is 0 Å². The summed E-state index contributed by atoms with van der Waals surface area (Å²) in [6, 6.07) is 3.73. The van der Waals surface area contributed by atoms with Crippen LogP contribution in [0, 0.1) is 5.92 Å². The van der Waals surface area contributed by atoms with Crippen molar-refractivity contribution in [3.63, 3.8) is 0 Å². The largest absolute Gasteiger partial charge is 0.304 e. The predicted octanol–water partition coefficient (Wildman–Crippen LogP) is 2.03. The molecular formula is C15H19N3O. The zero-order valence-electron chi connectivity index (χ0n) is 11.2. The van der Waals surface area contributed by atoms with Crippen molar-refractivity contribution in [2.45, 2.75) is 19.8 Å². The first-order valence-corrected chi connectivity index (χ1v) is 6.93. The van der Waals surface area contributed by atoms with E-state index in [2.05, 4.69) is 21.2 Å². The second-order valence-electron chi connectivity index (χ2n) is 5.30. The van der Waals surface area contributed by atoms with E-state index >= 15 is 0 Å². The van der Waals surface area contributed by atoms with E-state index in [9.17, 15) is 4.79 Å². The third-order valence-electron chi connectivity index (χ3n) is 4.06. The van der Waals surface area contributed by atoms with Crippen LogP contribution in [0.5, 0.6) is 0 Å². The third-order valence-corrected chi connectivity index (χ3v) is 4.06. The molecule has 0 bridgehead atoms. The summed E-state index contributed by atoms with van der Waals surface area (Å²) in [6.07, 6.45) is 6.96. The first-order chi connectivity index (χ1) is 9.30. The molecule has 3 rings (SSSR count). The zero-order chi connectivity index (χ0) is 13.2. The minimum absolute atomic E-state index is 0.705. The summed E-state index contributed by atoms with van der Waals surface area (Å²) in [6.45, 7) is 5.74. The smallest absolute Gasteiger partial charge is 0.150 e. The second kappa shape index (κ2) is 5.13. The van der Waals surface area contributed by atoms with Gasteiger partial charge in [-0.1, -0.05) is 6.92 Å². The molecule has 2 aromatic rings. The Labute approximate surface area is 113 Å². The van der Waals surface area contributed by atoms with Gasteiger partial charge in [0, 0.05) is 24.7 Å². The molecule has 1 unspecified atom stereocenters. The lowest BCUT2D eigenvalue weighted by molar-refractivity contribution is 0.112. The standard InChI is InChI=1S/C15H19N3O/c1-2-17-5-3-12(10-17)8-15-16-9-14-7-13(11-19)4-6-18(14)15/h4,6-7,9,11-12H,2-3,5,8,10H2,1H3. The lowest BCUT2D eigenvalue weighted by atomic mass is 10.0. The molecular weight excluding hydrogens is 238 g/mol. The predicted molar refractivity (Wildman–Crippen MR) is 74.5 cm³/mol. The lowest BCUT2D eigenvalue weighted by Crippen LogP contribution is -2.20. The van der Waals surface area contributed by atoms with Gasteiger partial charge in [-0.25, -0.2) is 4.98 Å². The summed E-state index contributed by atoms with van der Waals surface area (Å²) in [7, 11) is 0. The number of aromatic nitrogens is 2. The Morgan fingerprint density at radius 3 is 3.16 bits per heavy atom. The Bertz CT molecular complexity index is 590. The molecule has 1 atom stereocenters. The van der Waals surface area contributed by atoms with E-state index in [4.69, 9.17) is 0 Å². The minimum atomic E-state index is 0.705. The average molecular weight is 257 g/mol. The van der Waals surface area contributed by atoms with Gasteiger partial charge in [-0.05, 0) is 37.6 Å². The molecule has 0 radical (unpaired) electrons. The van der Waals surface area contributed by atoms with E-state index in [0.29, 0.717) is 11.5 Å². The Hall–Kier alpha value is -1.68. The molecule has 4 nitrogen and oxygen atoms in total. The van der Waals surface area contributed by atoms with E-state index in [-0.39, 0.29) is 0 Å². The number of likely N-dealkylation sites (tertiary alicyclic amines) is 1. The summed E-state index contributed by atoms with van der Waals surface area (Å²) >= 11 is 0. The molecule has 1 saturated heterocycles. The SMILES string of the molecule is CCN1CCC(Cc2ncc3cc(C=O)ccn23)C1. The fourth-order valence-electron chi connectivity index (χ4n) is 2.92. The van der Waals surface area contributed by atoms with Crippen molar-refractivity contribution in [3.8, 4) is 0 Å². The summed E-state index contributed by atoms with van der Waals surface area (Å²) in [5, 5.41) is 0. The summed E-state index contributed by atoms with van der Waals surface area (Å²) in [5.74, 6) is 1.81. The van der Waals surface area contributed by atoms with Crippen LogP contribution in [0.1, 0.15) is 29.5 Å². The van der Waals surface area contributed by atoms with Crippen molar-refractivity contribution in [3.05, 3.63) is 35.9 Å². The molecule has 0 aliphatic carbocycles. The van der Waals surface area contributed by atoms with Gasteiger partial charge in [-0.2, -0.15) is 0 Å². The van der Waals surface area contributed by atoms with Crippen LogP contribution in [0.4, 0.5) is 0 Å². The molecule has 0 amide bonds. The first-order valence-electron chi connectivity index (χ1n) is 6.93. The lowest BCUT2D eigenvalue weighted by Gasteiger charge is -2.12. The molecule has 1 aliphatic rings. The number of nitrogens with zero attached hydrogens (tertiary/aromatic N) is 3. The summed E-state index contributed by atoms with van der Waals surface area (Å²) in [4.78, 5) is 17.8. The summed E-state index contributed by atoms with van der Waals surface area (Å²) < 4.78 is 2.10. The molecule has 19 heavy (non-hydrogen) atoms. The Morgan fingerprint density at radius 2 is 2.42 bits per heavy atom.